The maximum absolute atomic E-state index is 11.8. The van der Waals surface area contributed by atoms with Gasteiger partial charge in [0.1, 0.15) is 0 Å². The zero-order chi connectivity index (χ0) is 13.8. The van der Waals surface area contributed by atoms with Gasteiger partial charge < -0.3 is 15.7 Å². The van der Waals surface area contributed by atoms with Crippen LogP contribution in [0.3, 0.4) is 0 Å². The van der Waals surface area contributed by atoms with E-state index >= 15 is 0 Å². The quantitative estimate of drug-likeness (QED) is 0.788. The third-order valence-corrected chi connectivity index (χ3v) is 3.23. The Bertz CT molecular complexity index is 431. The molecule has 0 aliphatic rings. The lowest BCUT2D eigenvalue weighted by atomic mass is 10.0. The maximum Gasteiger partial charge on any atom is 0.319 e. The van der Waals surface area contributed by atoms with Crippen molar-refractivity contribution in [1.82, 2.24) is 5.32 Å². The molecule has 1 aromatic carbocycles. The molecule has 0 aromatic heterocycles. The number of carbonyl (C=O) groups is 1. The van der Waals surface area contributed by atoms with E-state index < -0.39 is 5.54 Å². The van der Waals surface area contributed by atoms with Crippen LogP contribution in [-0.4, -0.2) is 23.3 Å². The third kappa shape index (κ3) is 3.89. The SMILES string of the molecule is CCC(C)(CO)NC(=O)Nc1cc(Cl)ccc1C. The number of rotatable bonds is 4. The van der Waals surface area contributed by atoms with E-state index in [4.69, 9.17) is 11.6 Å². The molecule has 5 heteroatoms. The molecule has 0 radical (unpaired) electrons. The Labute approximate surface area is 112 Å². The molecule has 0 bridgehead atoms. The molecule has 18 heavy (non-hydrogen) atoms. The summed E-state index contributed by atoms with van der Waals surface area (Å²) in [4.78, 5) is 11.8. The van der Waals surface area contributed by atoms with Gasteiger partial charge in [0.25, 0.3) is 0 Å². The van der Waals surface area contributed by atoms with Crippen molar-refractivity contribution in [2.75, 3.05) is 11.9 Å². The topological polar surface area (TPSA) is 61.4 Å². The Morgan fingerprint density at radius 1 is 1.50 bits per heavy atom. The van der Waals surface area contributed by atoms with Gasteiger partial charge in [-0.15, -0.1) is 0 Å². The highest BCUT2D eigenvalue weighted by atomic mass is 35.5. The van der Waals surface area contributed by atoms with Crippen LogP contribution in [0, 0.1) is 6.92 Å². The zero-order valence-electron chi connectivity index (χ0n) is 10.9. The molecule has 1 rings (SSSR count). The molecule has 2 amide bonds. The number of anilines is 1. The van der Waals surface area contributed by atoms with Gasteiger partial charge in [-0.05, 0) is 38.0 Å². The zero-order valence-corrected chi connectivity index (χ0v) is 11.6. The molecular weight excluding hydrogens is 252 g/mol. The Balaban J connectivity index is 2.73. The number of benzene rings is 1. The second kappa shape index (κ2) is 6.07. The van der Waals surface area contributed by atoms with Crippen LogP contribution in [0.25, 0.3) is 0 Å². The van der Waals surface area contributed by atoms with E-state index in [-0.39, 0.29) is 12.6 Å². The number of carbonyl (C=O) groups excluding carboxylic acids is 1. The van der Waals surface area contributed by atoms with Crippen molar-refractivity contribution in [2.45, 2.75) is 32.7 Å². The first kappa shape index (κ1) is 14.8. The van der Waals surface area contributed by atoms with Crippen LogP contribution >= 0.6 is 11.6 Å². The predicted molar refractivity (Wildman–Crippen MR) is 74.1 cm³/mol. The van der Waals surface area contributed by atoms with Gasteiger partial charge >= 0.3 is 6.03 Å². The summed E-state index contributed by atoms with van der Waals surface area (Å²) >= 11 is 5.88. The van der Waals surface area contributed by atoms with E-state index in [1.165, 1.54) is 0 Å². The van der Waals surface area contributed by atoms with Gasteiger partial charge in [-0.3, -0.25) is 0 Å². The van der Waals surface area contributed by atoms with Crippen LogP contribution in [-0.2, 0) is 0 Å². The first-order chi connectivity index (χ1) is 8.40. The number of hydrogen-bond donors (Lipinski definition) is 3. The highest BCUT2D eigenvalue weighted by molar-refractivity contribution is 6.31. The molecule has 0 saturated heterocycles. The van der Waals surface area contributed by atoms with Gasteiger partial charge in [-0.25, -0.2) is 4.79 Å². The summed E-state index contributed by atoms with van der Waals surface area (Å²) in [6.07, 6.45) is 0.644. The molecular formula is C13H19ClN2O2. The summed E-state index contributed by atoms with van der Waals surface area (Å²) in [7, 11) is 0. The Kier molecular flexibility index (Phi) is 4.99. The van der Waals surface area contributed by atoms with Gasteiger partial charge in [-0.2, -0.15) is 0 Å². The summed E-state index contributed by atoms with van der Waals surface area (Å²) in [6.45, 7) is 5.47. The van der Waals surface area contributed by atoms with E-state index in [9.17, 15) is 9.90 Å². The molecule has 0 spiro atoms. The Hall–Kier alpha value is -1.26. The molecule has 3 N–H and O–H groups in total. The second-order valence-corrected chi connectivity index (χ2v) is 5.05. The number of amides is 2. The number of halogens is 1. The van der Waals surface area contributed by atoms with E-state index in [0.29, 0.717) is 17.1 Å². The van der Waals surface area contributed by atoms with Crippen LogP contribution in [0.5, 0.6) is 0 Å². The van der Waals surface area contributed by atoms with Crippen molar-refractivity contribution >= 4 is 23.3 Å². The van der Waals surface area contributed by atoms with Crippen molar-refractivity contribution in [1.29, 1.82) is 0 Å². The van der Waals surface area contributed by atoms with Gasteiger partial charge in [0.05, 0.1) is 12.1 Å². The second-order valence-electron chi connectivity index (χ2n) is 4.61. The number of aliphatic hydroxyl groups excluding tert-OH is 1. The van der Waals surface area contributed by atoms with Crippen molar-refractivity contribution in [3.63, 3.8) is 0 Å². The number of urea groups is 1. The van der Waals surface area contributed by atoms with E-state index in [2.05, 4.69) is 10.6 Å². The van der Waals surface area contributed by atoms with E-state index in [0.717, 1.165) is 5.56 Å². The van der Waals surface area contributed by atoms with Gasteiger partial charge in [0.2, 0.25) is 0 Å². The molecule has 4 nitrogen and oxygen atoms in total. The molecule has 1 aromatic rings. The van der Waals surface area contributed by atoms with E-state index in [1.54, 1.807) is 19.1 Å². The lowest BCUT2D eigenvalue weighted by molar-refractivity contribution is 0.172. The van der Waals surface area contributed by atoms with Crippen LogP contribution in [0.15, 0.2) is 18.2 Å². The van der Waals surface area contributed by atoms with Crippen molar-refractivity contribution in [2.24, 2.45) is 0 Å². The normalized spacial score (nSPS) is 13.8. The summed E-state index contributed by atoms with van der Waals surface area (Å²) in [5.41, 5.74) is 0.976. The highest BCUT2D eigenvalue weighted by Crippen LogP contribution is 2.20. The molecule has 1 unspecified atom stereocenters. The predicted octanol–water partition coefficient (Wildman–Crippen LogP) is 2.93. The average Bonchev–Trinajstić information content (AvgIpc) is 2.33. The smallest absolute Gasteiger partial charge is 0.319 e. The molecule has 0 fully saturated rings. The summed E-state index contributed by atoms with van der Waals surface area (Å²) in [6, 6.07) is 4.95. The maximum atomic E-state index is 11.8. The summed E-state index contributed by atoms with van der Waals surface area (Å²) in [5, 5.41) is 15.3. The lowest BCUT2D eigenvalue weighted by Crippen LogP contribution is -2.50. The van der Waals surface area contributed by atoms with Crippen molar-refractivity contribution in [3.8, 4) is 0 Å². The minimum atomic E-state index is -0.615. The fourth-order valence-corrected chi connectivity index (χ4v) is 1.57. The molecule has 0 aliphatic carbocycles. The number of aryl methyl sites for hydroxylation is 1. The largest absolute Gasteiger partial charge is 0.394 e. The van der Waals surface area contributed by atoms with Crippen LogP contribution in [0.1, 0.15) is 25.8 Å². The molecule has 0 heterocycles. The van der Waals surface area contributed by atoms with Crippen LogP contribution in [0.2, 0.25) is 5.02 Å². The molecule has 0 saturated carbocycles. The van der Waals surface area contributed by atoms with Gasteiger partial charge in [-0.1, -0.05) is 24.6 Å². The summed E-state index contributed by atoms with van der Waals surface area (Å²) < 4.78 is 0. The van der Waals surface area contributed by atoms with Gasteiger partial charge in [0, 0.05) is 10.7 Å². The van der Waals surface area contributed by atoms with Gasteiger partial charge in [0.15, 0.2) is 0 Å². The molecule has 1 atom stereocenters. The first-order valence-corrected chi connectivity index (χ1v) is 6.24. The molecule has 0 aliphatic heterocycles. The molecule has 100 valence electrons. The number of aliphatic hydroxyl groups is 1. The Morgan fingerprint density at radius 2 is 2.17 bits per heavy atom. The monoisotopic (exact) mass is 270 g/mol. The summed E-state index contributed by atoms with van der Waals surface area (Å²) in [5.74, 6) is 0. The van der Waals surface area contributed by atoms with Crippen molar-refractivity contribution < 1.29 is 9.90 Å². The Morgan fingerprint density at radius 3 is 2.72 bits per heavy atom. The highest BCUT2D eigenvalue weighted by Gasteiger charge is 2.23. The minimum absolute atomic E-state index is 0.106. The van der Waals surface area contributed by atoms with Crippen molar-refractivity contribution in [3.05, 3.63) is 28.8 Å². The third-order valence-electron chi connectivity index (χ3n) is 2.99. The fraction of sp³-hybridized carbons (Fsp3) is 0.462. The lowest BCUT2D eigenvalue weighted by Gasteiger charge is -2.27. The standard InChI is InChI=1S/C13H19ClN2O2/c1-4-13(3,8-17)16-12(18)15-11-7-10(14)6-5-9(11)2/h5-7,17H,4,8H2,1-3H3,(H2,15,16,18). The van der Waals surface area contributed by atoms with E-state index in [1.807, 2.05) is 19.9 Å². The fourth-order valence-electron chi connectivity index (χ4n) is 1.40. The average molecular weight is 271 g/mol. The minimum Gasteiger partial charge on any atom is -0.394 e. The van der Waals surface area contributed by atoms with Crippen LogP contribution < -0.4 is 10.6 Å². The van der Waals surface area contributed by atoms with Crippen LogP contribution in [0.4, 0.5) is 10.5 Å². The number of nitrogens with one attached hydrogen (secondary N) is 2. The first-order valence-electron chi connectivity index (χ1n) is 5.86. The number of hydrogen-bond acceptors (Lipinski definition) is 2.